The molecule has 2 heterocycles. The van der Waals surface area contributed by atoms with E-state index in [0.29, 0.717) is 19.5 Å². The summed E-state index contributed by atoms with van der Waals surface area (Å²) in [6.45, 7) is 2.66. The number of carbonyl (C=O) groups excluding carboxylic acids is 2. The highest BCUT2D eigenvalue weighted by atomic mass is 16.2. The second-order valence-electron chi connectivity index (χ2n) is 3.94. The molecule has 0 bridgehead atoms. The van der Waals surface area contributed by atoms with Crippen LogP contribution in [0.15, 0.2) is 0 Å². The summed E-state index contributed by atoms with van der Waals surface area (Å²) in [4.78, 5) is 28.2. The summed E-state index contributed by atoms with van der Waals surface area (Å²) >= 11 is 0. The number of rotatable bonds is 1. The Bertz CT molecular complexity index is 464. The number of hydrogen-bond donors (Lipinski definition) is 1. The molecule has 2 rings (SSSR count). The SMILES string of the molecule is CC(=O)N1CCc2c(nc(C(N)=O)n2C)C1. The zero-order valence-electron chi connectivity index (χ0n) is 9.36. The van der Waals surface area contributed by atoms with Crippen LogP contribution in [0.1, 0.15) is 28.9 Å². The van der Waals surface area contributed by atoms with Crippen LogP contribution in [0.25, 0.3) is 0 Å². The summed E-state index contributed by atoms with van der Waals surface area (Å²) in [5.41, 5.74) is 6.99. The van der Waals surface area contributed by atoms with E-state index in [9.17, 15) is 9.59 Å². The molecule has 0 saturated heterocycles. The summed E-state index contributed by atoms with van der Waals surface area (Å²) < 4.78 is 1.72. The molecule has 2 amide bonds. The monoisotopic (exact) mass is 222 g/mol. The number of fused-ring (bicyclic) bond motifs is 1. The van der Waals surface area contributed by atoms with Crippen molar-refractivity contribution in [2.24, 2.45) is 12.8 Å². The molecule has 1 aromatic rings. The predicted octanol–water partition coefficient (Wildman–Crippen LogP) is -0.576. The zero-order chi connectivity index (χ0) is 11.9. The largest absolute Gasteiger partial charge is 0.363 e. The van der Waals surface area contributed by atoms with Crippen molar-refractivity contribution in [3.05, 3.63) is 17.2 Å². The van der Waals surface area contributed by atoms with Gasteiger partial charge in [0, 0.05) is 32.6 Å². The standard InChI is InChI=1S/C10H14N4O2/c1-6(15)14-4-3-8-7(5-14)12-10(9(11)16)13(8)2/h3-5H2,1-2H3,(H2,11,16). The smallest absolute Gasteiger partial charge is 0.284 e. The van der Waals surface area contributed by atoms with E-state index < -0.39 is 5.91 Å². The van der Waals surface area contributed by atoms with Crippen LogP contribution >= 0.6 is 0 Å². The zero-order valence-corrected chi connectivity index (χ0v) is 9.36. The molecule has 16 heavy (non-hydrogen) atoms. The van der Waals surface area contributed by atoms with Gasteiger partial charge in [-0.05, 0) is 0 Å². The summed E-state index contributed by atoms with van der Waals surface area (Å²) in [5, 5.41) is 0. The molecule has 86 valence electrons. The van der Waals surface area contributed by atoms with E-state index in [1.807, 2.05) is 0 Å². The fourth-order valence-electron chi connectivity index (χ4n) is 2.02. The van der Waals surface area contributed by atoms with Crippen molar-refractivity contribution in [3.8, 4) is 0 Å². The second kappa shape index (κ2) is 3.62. The second-order valence-corrected chi connectivity index (χ2v) is 3.94. The van der Waals surface area contributed by atoms with Gasteiger partial charge >= 0.3 is 0 Å². The van der Waals surface area contributed by atoms with Crippen molar-refractivity contribution in [1.82, 2.24) is 14.5 Å². The fourth-order valence-corrected chi connectivity index (χ4v) is 2.02. The first-order valence-corrected chi connectivity index (χ1v) is 5.10. The molecule has 2 N–H and O–H groups in total. The van der Waals surface area contributed by atoms with Crippen LogP contribution in [0.4, 0.5) is 0 Å². The number of aromatic nitrogens is 2. The number of hydrogen-bond acceptors (Lipinski definition) is 3. The maximum absolute atomic E-state index is 11.2. The van der Waals surface area contributed by atoms with Crippen molar-refractivity contribution < 1.29 is 9.59 Å². The third-order valence-electron chi connectivity index (χ3n) is 2.92. The van der Waals surface area contributed by atoms with Crippen LogP contribution in [0.2, 0.25) is 0 Å². The third-order valence-corrected chi connectivity index (χ3v) is 2.92. The molecule has 0 radical (unpaired) electrons. The lowest BCUT2D eigenvalue weighted by Crippen LogP contribution is -2.34. The van der Waals surface area contributed by atoms with E-state index >= 15 is 0 Å². The van der Waals surface area contributed by atoms with Gasteiger partial charge in [0.05, 0.1) is 12.2 Å². The van der Waals surface area contributed by atoms with Crippen molar-refractivity contribution >= 4 is 11.8 Å². The van der Waals surface area contributed by atoms with Gasteiger partial charge < -0.3 is 15.2 Å². The molecule has 0 atom stereocenters. The van der Waals surface area contributed by atoms with Gasteiger partial charge in [-0.3, -0.25) is 9.59 Å². The Morgan fingerprint density at radius 1 is 1.44 bits per heavy atom. The Labute approximate surface area is 93.0 Å². The van der Waals surface area contributed by atoms with E-state index in [1.54, 1.807) is 16.5 Å². The lowest BCUT2D eigenvalue weighted by molar-refractivity contribution is -0.129. The maximum Gasteiger partial charge on any atom is 0.284 e. The minimum atomic E-state index is -0.536. The molecule has 0 aromatic carbocycles. The Balaban J connectivity index is 2.37. The van der Waals surface area contributed by atoms with Crippen molar-refractivity contribution in [1.29, 1.82) is 0 Å². The van der Waals surface area contributed by atoms with Gasteiger partial charge in [0.25, 0.3) is 5.91 Å². The highest BCUT2D eigenvalue weighted by molar-refractivity contribution is 5.89. The molecular weight excluding hydrogens is 208 g/mol. The van der Waals surface area contributed by atoms with Crippen LogP contribution in [0, 0.1) is 0 Å². The van der Waals surface area contributed by atoms with Crippen molar-refractivity contribution in [2.75, 3.05) is 6.54 Å². The van der Waals surface area contributed by atoms with Crippen molar-refractivity contribution in [2.45, 2.75) is 19.9 Å². The van der Waals surface area contributed by atoms with Gasteiger partial charge in [-0.15, -0.1) is 0 Å². The van der Waals surface area contributed by atoms with E-state index in [4.69, 9.17) is 5.73 Å². The molecule has 0 saturated carbocycles. The number of primary amides is 1. The fraction of sp³-hybridized carbons (Fsp3) is 0.500. The van der Waals surface area contributed by atoms with Crippen LogP contribution in [0.3, 0.4) is 0 Å². The summed E-state index contributed by atoms with van der Waals surface area (Å²) in [6.07, 6.45) is 0.714. The Morgan fingerprint density at radius 2 is 2.12 bits per heavy atom. The molecule has 0 unspecified atom stereocenters. The van der Waals surface area contributed by atoms with Gasteiger partial charge in [-0.25, -0.2) is 4.98 Å². The van der Waals surface area contributed by atoms with Gasteiger partial charge in [0.2, 0.25) is 5.91 Å². The molecule has 0 spiro atoms. The Morgan fingerprint density at radius 3 is 2.69 bits per heavy atom. The molecule has 1 aromatic heterocycles. The number of nitrogens with two attached hydrogens (primary N) is 1. The van der Waals surface area contributed by atoms with Gasteiger partial charge in [0.15, 0.2) is 5.82 Å². The normalized spacial score (nSPS) is 14.8. The van der Waals surface area contributed by atoms with E-state index in [1.165, 1.54) is 6.92 Å². The van der Waals surface area contributed by atoms with Gasteiger partial charge in [0.1, 0.15) is 0 Å². The predicted molar refractivity (Wildman–Crippen MR) is 56.5 cm³/mol. The molecule has 0 aliphatic carbocycles. The Kier molecular flexibility index (Phi) is 2.41. The minimum Gasteiger partial charge on any atom is -0.363 e. The highest BCUT2D eigenvalue weighted by Crippen LogP contribution is 2.19. The minimum absolute atomic E-state index is 0.0249. The van der Waals surface area contributed by atoms with Gasteiger partial charge in [-0.1, -0.05) is 0 Å². The average molecular weight is 222 g/mol. The lowest BCUT2D eigenvalue weighted by Gasteiger charge is -2.25. The lowest BCUT2D eigenvalue weighted by atomic mass is 10.1. The van der Waals surface area contributed by atoms with Crippen LogP contribution < -0.4 is 5.73 Å². The topological polar surface area (TPSA) is 81.2 Å². The summed E-state index contributed by atoms with van der Waals surface area (Å²) in [7, 11) is 1.77. The highest BCUT2D eigenvalue weighted by Gasteiger charge is 2.25. The molecule has 1 aliphatic rings. The molecule has 0 fully saturated rings. The first-order valence-electron chi connectivity index (χ1n) is 5.10. The van der Waals surface area contributed by atoms with Crippen LogP contribution in [0.5, 0.6) is 0 Å². The van der Waals surface area contributed by atoms with Crippen LogP contribution in [-0.2, 0) is 24.8 Å². The number of carbonyl (C=O) groups is 2. The first-order chi connectivity index (χ1) is 7.50. The van der Waals surface area contributed by atoms with E-state index in [2.05, 4.69) is 4.98 Å². The number of imidazole rings is 1. The van der Waals surface area contributed by atoms with Crippen LogP contribution in [-0.4, -0.2) is 32.8 Å². The number of amides is 2. The molecule has 6 heteroatoms. The maximum atomic E-state index is 11.2. The summed E-state index contributed by atoms with van der Waals surface area (Å²) in [5.74, 6) is -0.251. The molecule has 1 aliphatic heterocycles. The summed E-state index contributed by atoms with van der Waals surface area (Å²) in [6, 6.07) is 0. The van der Waals surface area contributed by atoms with E-state index in [-0.39, 0.29) is 11.7 Å². The van der Waals surface area contributed by atoms with E-state index in [0.717, 1.165) is 11.4 Å². The van der Waals surface area contributed by atoms with Crippen molar-refractivity contribution in [3.63, 3.8) is 0 Å². The number of nitrogens with zero attached hydrogens (tertiary/aromatic N) is 3. The third kappa shape index (κ3) is 1.56. The average Bonchev–Trinajstić information content (AvgIpc) is 2.55. The quantitative estimate of drug-likeness (QED) is 0.690. The molecular formula is C10H14N4O2. The first kappa shape index (κ1) is 10.7. The van der Waals surface area contributed by atoms with Gasteiger partial charge in [-0.2, -0.15) is 0 Å². The Hall–Kier alpha value is -1.85. The molecule has 6 nitrogen and oxygen atoms in total.